The van der Waals surface area contributed by atoms with Crippen LogP contribution in [0.25, 0.3) is 0 Å². The van der Waals surface area contributed by atoms with Gasteiger partial charge in [-0.3, -0.25) is 0 Å². The molecule has 1 aromatic carbocycles. The molecule has 1 aromatic rings. The molecule has 0 radical (unpaired) electrons. The van der Waals surface area contributed by atoms with Crippen molar-refractivity contribution in [1.82, 2.24) is 0 Å². The summed E-state index contributed by atoms with van der Waals surface area (Å²) >= 11 is 0. The maximum Gasteiger partial charge on any atom is 0.729 e. The van der Waals surface area contributed by atoms with Gasteiger partial charge in [0.05, 0.1) is 24.0 Å². The van der Waals surface area contributed by atoms with E-state index in [2.05, 4.69) is 13.5 Å². The zero-order valence-electron chi connectivity index (χ0n) is 11.3. The topological polar surface area (TPSA) is 88.1 Å². The van der Waals surface area contributed by atoms with Gasteiger partial charge in [0.1, 0.15) is 5.75 Å². The lowest BCUT2D eigenvalue weighted by molar-refractivity contribution is -0.141. The van der Waals surface area contributed by atoms with E-state index in [1.807, 2.05) is 0 Å². The molecule has 0 fully saturated rings. The van der Waals surface area contributed by atoms with Gasteiger partial charge >= 0.3 is 24.5 Å². The zero-order chi connectivity index (χ0) is 17.0. The third-order valence-electron chi connectivity index (χ3n) is 2.16. The minimum atomic E-state index is -5.06. The molecule has 124 valence electrons. The highest BCUT2D eigenvalue weighted by molar-refractivity contribution is 7.87. The molecule has 22 heavy (non-hydrogen) atoms. The van der Waals surface area contributed by atoms with E-state index in [4.69, 9.17) is 4.74 Å². The molecule has 0 saturated carbocycles. The van der Waals surface area contributed by atoms with Crippen molar-refractivity contribution in [3.63, 3.8) is 0 Å². The Labute approximate surface area is 124 Å². The fourth-order valence-corrected chi connectivity index (χ4v) is 2.87. The van der Waals surface area contributed by atoms with Crippen molar-refractivity contribution in [2.75, 3.05) is 13.7 Å². The van der Waals surface area contributed by atoms with Crippen molar-refractivity contribution in [2.45, 2.75) is 18.0 Å². The average molecular weight is 363 g/mol. The summed E-state index contributed by atoms with van der Waals surface area (Å²) in [6.45, 7) is 1.37. The van der Waals surface area contributed by atoms with E-state index < -0.39 is 40.8 Å². The second-order valence-corrected chi connectivity index (χ2v) is 5.98. The Bertz CT molecular complexity index is 644. The number of hydrogen-bond acceptors (Lipinski definition) is 7. The molecule has 1 unspecified atom stereocenters. The van der Waals surface area contributed by atoms with Crippen molar-refractivity contribution in [3.8, 4) is 5.75 Å². The van der Waals surface area contributed by atoms with Gasteiger partial charge in [0.15, 0.2) is 4.90 Å². The molecule has 1 rings (SSSR count). The van der Waals surface area contributed by atoms with E-state index >= 15 is 0 Å². The van der Waals surface area contributed by atoms with E-state index in [9.17, 15) is 26.2 Å². The first kappa shape index (κ1) is 18.8. The van der Waals surface area contributed by atoms with Crippen LogP contribution in [0.2, 0.25) is 0 Å². The molecular weight excluding hydrogens is 352 g/mol. The number of alkyl halides is 3. The van der Waals surface area contributed by atoms with Crippen LogP contribution in [0.3, 0.4) is 0 Å². The number of hydrogen-bond donors (Lipinski definition) is 0. The second kappa shape index (κ2) is 7.34. The highest BCUT2D eigenvalue weighted by Crippen LogP contribution is 2.40. The van der Waals surface area contributed by atoms with Crippen LogP contribution in [0, 0.1) is 0 Å². The van der Waals surface area contributed by atoms with Crippen LogP contribution < -0.4 is 4.74 Å². The van der Waals surface area contributed by atoms with Gasteiger partial charge in [-0.15, -0.1) is 4.52 Å². The highest BCUT2D eigenvalue weighted by atomic mass is 32.2. The molecule has 0 aliphatic heterocycles. The van der Waals surface area contributed by atoms with Gasteiger partial charge in [0.2, 0.25) is 0 Å². The molecular formula is C10H11F3O7PS+. The molecule has 1 atom stereocenters. The summed E-state index contributed by atoms with van der Waals surface area (Å²) in [5.74, 6) is -0.575. The fraction of sp³-hybridized carbons (Fsp3) is 0.400. The standard InChI is InChI=1S/C10H11F3O7PS/c1-3-18-8-6-4-5-7(10(11,12)13)9(8)22(15,16)20-19-21(14)17-2/h4-6H,3H2,1-2H3/q+1. The SMILES string of the molecule is CCOc1cccc(C(F)(F)F)c1S(=O)(=O)OO[P+](=O)OC. The summed E-state index contributed by atoms with van der Waals surface area (Å²) in [5, 5.41) is 0. The van der Waals surface area contributed by atoms with Gasteiger partial charge in [-0.2, -0.15) is 21.6 Å². The van der Waals surface area contributed by atoms with Crippen LogP contribution >= 0.6 is 8.25 Å². The minimum absolute atomic E-state index is 0.0863. The van der Waals surface area contributed by atoms with Crippen LogP contribution in [-0.2, 0) is 34.4 Å². The number of rotatable bonds is 7. The molecule has 12 heteroatoms. The Kier molecular flexibility index (Phi) is 6.27. The predicted molar refractivity (Wildman–Crippen MR) is 66.6 cm³/mol. The van der Waals surface area contributed by atoms with Crippen LogP contribution in [-0.4, -0.2) is 22.1 Å². The monoisotopic (exact) mass is 363 g/mol. The molecule has 0 heterocycles. The summed E-state index contributed by atoms with van der Waals surface area (Å²) in [6, 6.07) is 2.53. The van der Waals surface area contributed by atoms with E-state index in [1.165, 1.54) is 6.92 Å². The summed E-state index contributed by atoms with van der Waals surface area (Å²) in [6.07, 6.45) is -4.98. The van der Waals surface area contributed by atoms with Crippen LogP contribution in [0.1, 0.15) is 12.5 Å². The first-order valence-corrected chi connectivity index (χ1v) is 8.09. The van der Waals surface area contributed by atoms with Crippen molar-refractivity contribution in [1.29, 1.82) is 0 Å². The van der Waals surface area contributed by atoms with E-state index in [0.717, 1.165) is 19.2 Å². The highest BCUT2D eigenvalue weighted by Gasteiger charge is 2.41. The van der Waals surface area contributed by atoms with Gasteiger partial charge in [0.25, 0.3) is 0 Å². The lowest BCUT2D eigenvalue weighted by Crippen LogP contribution is -2.16. The van der Waals surface area contributed by atoms with E-state index in [0.29, 0.717) is 6.07 Å². The molecule has 0 saturated heterocycles. The van der Waals surface area contributed by atoms with E-state index in [-0.39, 0.29) is 6.61 Å². The van der Waals surface area contributed by atoms with E-state index in [1.54, 1.807) is 0 Å². The van der Waals surface area contributed by atoms with Gasteiger partial charge in [-0.05, 0) is 19.1 Å². The molecule has 0 N–H and O–H groups in total. The van der Waals surface area contributed by atoms with Crippen LogP contribution in [0.15, 0.2) is 23.1 Å². The Morgan fingerprint density at radius 1 is 1.27 bits per heavy atom. The molecule has 0 spiro atoms. The van der Waals surface area contributed by atoms with Gasteiger partial charge < -0.3 is 4.74 Å². The quantitative estimate of drug-likeness (QED) is 0.418. The Balaban J connectivity index is 3.38. The first-order valence-electron chi connectivity index (χ1n) is 5.59. The Hall–Kier alpha value is -1.26. The summed E-state index contributed by atoms with van der Waals surface area (Å²) in [7, 11) is -7.10. The van der Waals surface area contributed by atoms with Crippen molar-refractivity contribution < 1.29 is 44.4 Å². The van der Waals surface area contributed by atoms with Gasteiger partial charge in [-0.25, -0.2) is 0 Å². The van der Waals surface area contributed by atoms with Gasteiger partial charge in [0, 0.05) is 4.57 Å². The van der Waals surface area contributed by atoms with Crippen LogP contribution in [0.5, 0.6) is 5.75 Å². The predicted octanol–water partition coefficient (Wildman–Crippen LogP) is 3.04. The number of halogens is 3. The lowest BCUT2D eigenvalue weighted by atomic mass is 10.2. The minimum Gasteiger partial charge on any atom is -0.492 e. The third-order valence-corrected chi connectivity index (χ3v) is 3.93. The van der Waals surface area contributed by atoms with Crippen molar-refractivity contribution in [3.05, 3.63) is 23.8 Å². The average Bonchev–Trinajstić information content (AvgIpc) is 2.44. The van der Waals surface area contributed by atoms with Crippen LogP contribution in [0.4, 0.5) is 13.2 Å². The lowest BCUT2D eigenvalue weighted by Gasteiger charge is -2.15. The fourth-order valence-electron chi connectivity index (χ4n) is 1.40. The molecule has 0 amide bonds. The molecule has 0 aliphatic carbocycles. The first-order chi connectivity index (χ1) is 10.1. The summed E-state index contributed by atoms with van der Waals surface area (Å²) in [5.41, 5.74) is -1.50. The number of benzene rings is 1. The Morgan fingerprint density at radius 2 is 1.91 bits per heavy atom. The van der Waals surface area contributed by atoms with Crippen molar-refractivity contribution in [2.24, 2.45) is 0 Å². The normalized spacial score (nSPS) is 13.0. The largest absolute Gasteiger partial charge is 0.729 e. The Morgan fingerprint density at radius 3 is 2.41 bits per heavy atom. The molecule has 0 aliphatic rings. The smallest absolute Gasteiger partial charge is 0.492 e. The maximum absolute atomic E-state index is 13.0. The zero-order valence-corrected chi connectivity index (χ0v) is 13.0. The maximum atomic E-state index is 13.0. The summed E-state index contributed by atoms with van der Waals surface area (Å²) < 4.78 is 90.3. The molecule has 7 nitrogen and oxygen atoms in total. The van der Waals surface area contributed by atoms with Crippen molar-refractivity contribution >= 4 is 18.4 Å². The summed E-state index contributed by atoms with van der Waals surface area (Å²) in [4.78, 5) is -1.27. The molecule has 0 bridgehead atoms. The number of ether oxygens (including phenoxy) is 1. The second-order valence-electron chi connectivity index (χ2n) is 3.57. The molecule has 0 aromatic heterocycles. The van der Waals surface area contributed by atoms with Gasteiger partial charge in [-0.1, -0.05) is 10.4 Å². The third kappa shape index (κ3) is 4.62.